The number of carbonyl (C=O) groups is 2. The predicted octanol–water partition coefficient (Wildman–Crippen LogP) is 2.23. The highest BCUT2D eigenvalue weighted by atomic mass is 79.9. The number of nitrogens with one attached hydrogen (secondary N) is 2. The zero-order valence-corrected chi connectivity index (χ0v) is 11.8. The third-order valence-corrected chi connectivity index (χ3v) is 3.40. The van der Waals surface area contributed by atoms with Crippen molar-refractivity contribution < 1.29 is 14.7 Å². The molecule has 0 heterocycles. The van der Waals surface area contributed by atoms with Crippen molar-refractivity contribution in [2.75, 3.05) is 6.54 Å². The van der Waals surface area contributed by atoms with Crippen LogP contribution in [0.15, 0.2) is 11.1 Å². The Morgan fingerprint density at radius 2 is 1.94 bits per heavy atom. The van der Waals surface area contributed by atoms with Crippen LogP contribution in [0, 0.1) is 5.92 Å². The number of urea groups is 1. The molecule has 1 aliphatic carbocycles. The third kappa shape index (κ3) is 5.08. The van der Waals surface area contributed by atoms with Crippen LogP contribution in [-0.2, 0) is 4.79 Å². The van der Waals surface area contributed by atoms with Crippen LogP contribution in [0.25, 0.3) is 0 Å². The van der Waals surface area contributed by atoms with E-state index in [1.807, 2.05) is 0 Å². The monoisotopic (exact) mass is 318 g/mol. The van der Waals surface area contributed by atoms with Crippen LogP contribution in [0.1, 0.15) is 32.1 Å². The van der Waals surface area contributed by atoms with Gasteiger partial charge in [0, 0.05) is 4.48 Å². The Morgan fingerprint density at radius 1 is 1.33 bits per heavy atom. The number of hydrogen-bond acceptors (Lipinski definition) is 2. The molecule has 5 nitrogen and oxygen atoms in total. The van der Waals surface area contributed by atoms with E-state index in [0.717, 1.165) is 32.1 Å². The molecule has 102 valence electrons. The van der Waals surface area contributed by atoms with Gasteiger partial charge in [0.2, 0.25) is 0 Å². The average molecular weight is 319 g/mol. The summed E-state index contributed by atoms with van der Waals surface area (Å²) in [5.74, 6) is -0.927. The lowest BCUT2D eigenvalue weighted by Crippen LogP contribution is -2.50. The van der Waals surface area contributed by atoms with E-state index in [0.29, 0.717) is 4.48 Å². The van der Waals surface area contributed by atoms with Gasteiger partial charge in [-0.2, -0.15) is 0 Å². The smallest absolute Gasteiger partial charge is 0.326 e. The van der Waals surface area contributed by atoms with Crippen molar-refractivity contribution in [1.29, 1.82) is 0 Å². The van der Waals surface area contributed by atoms with Crippen molar-refractivity contribution in [1.82, 2.24) is 10.6 Å². The van der Waals surface area contributed by atoms with Crippen LogP contribution in [0.5, 0.6) is 0 Å². The van der Waals surface area contributed by atoms with Crippen LogP contribution in [0.2, 0.25) is 0 Å². The molecule has 2 amide bonds. The minimum Gasteiger partial charge on any atom is -0.480 e. The number of rotatable bonds is 5. The van der Waals surface area contributed by atoms with Gasteiger partial charge in [-0.05, 0) is 18.8 Å². The van der Waals surface area contributed by atoms with E-state index in [1.54, 1.807) is 0 Å². The van der Waals surface area contributed by atoms with Gasteiger partial charge in [0.15, 0.2) is 0 Å². The summed E-state index contributed by atoms with van der Waals surface area (Å²) < 4.78 is 0.641. The maximum atomic E-state index is 11.6. The van der Waals surface area contributed by atoms with E-state index in [1.165, 1.54) is 0 Å². The van der Waals surface area contributed by atoms with E-state index in [4.69, 9.17) is 0 Å². The normalized spacial score (nSPS) is 17.8. The Balaban J connectivity index is 2.48. The lowest BCUT2D eigenvalue weighted by Gasteiger charge is -2.28. The van der Waals surface area contributed by atoms with E-state index >= 15 is 0 Å². The fraction of sp³-hybridized carbons (Fsp3) is 0.667. The predicted molar refractivity (Wildman–Crippen MR) is 72.6 cm³/mol. The Labute approximate surface area is 115 Å². The highest BCUT2D eigenvalue weighted by molar-refractivity contribution is 9.11. The van der Waals surface area contributed by atoms with Crippen LogP contribution in [-0.4, -0.2) is 29.7 Å². The molecule has 1 fully saturated rings. The molecule has 1 saturated carbocycles. The summed E-state index contributed by atoms with van der Waals surface area (Å²) in [5.41, 5.74) is 0. The molecule has 1 unspecified atom stereocenters. The summed E-state index contributed by atoms with van der Waals surface area (Å²) in [7, 11) is 0. The maximum Gasteiger partial charge on any atom is 0.326 e. The molecule has 1 atom stereocenters. The van der Waals surface area contributed by atoms with E-state index < -0.39 is 18.0 Å². The molecule has 0 spiro atoms. The summed E-state index contributed by atoms with van der Waals surface area (Å²) in [6, 6.07) is -1.26. The second kappa shape index (κ2) is 7.41. The summed E-state index contributed by atoms with van der Waals surface area (Å²) >= 11 is 3.12. The standard InChI is InChI=1S/C12H19BrN2O3/c1-8(13)7-14-12(18)15-10(11(16)17)9-5-3-2-4-6-9/h9-10H,1-7H2,(H,16,17)(H2,14,15,18). The van der Waals surface area contributed by atoms with Gasteiger partial charge in [0.1, 0.15) is 6.04 Å². The van der Waals surface area contributed by atoms with Gasteiger partial charge in [-0.3, -0.25) is 0 Å². The molecule has 0 aromatic heterocycles. The van der Waals surface area contributed by atoms with Crippen molar-refractivity contribution in [3.8, 4) is 0 Å². The minimum absolute atomic E-state index is 0.0363. The summed E-state index contributed by atoms with van der Waals surface area (Å²) in [6.07, 6.45) is 4.95. The summed E-state index contributed by atoms with van der Waals surface area (Å²) in [6.45, 7) is 3.87. The first-order valence-electron chi connectivity index (χ1n) is 6.11. The number of amides is 2. The van der Waals surface area contributed by atoms with E-state index in [-0.39, 0.29) is 12.5 Å². The topological polar surface area (TPSA) is 78.4 Å². The first-order valence-corrected chi connectivity index (χ1v) is 6.90. The molecule has 0 aromatic rings. The van der Waals surface area contributed by atoms with Gasteiger partial charge >= 0.3 is 12.0 Å². The van der Waals surface area contributed by atoms with Crippen LogP contribution < -0.4 is 10.6 Å². The Bertz CT molecular complexity index is 327. The Morgan fingerprint density at radius 3 is 2.44 bits per heavy atom. The Hall–Kier alpha value is -1.04. The zero-order valence-electron chi connectivity index (χ0n) is 10.2. The molecule has 6 heteroatoms. The molecular weight excluding hydrogens is 300 g/mol. The number of carbonyl (C=O) groups excluding carboxylic acids is 1. The SMILES string of the molecule is C=C(Br)CNC(=O)NC(C(=O)O)C1CCCCC1. The van der Waals surface area contributed by atoms with Crippen molar-refractivity contribution in [3.05, 3.63) is 11.1 Å². The van der Waals surface area contributed by atoms with Gasteiger partial charge in [-0.1, -0.05) is 41.8 Å². The van der Waals surface area contributed by atoms with Gasteiger partial charge < -0.3 is 15.7 Å². The molecule has 0 radical (unpaired) electrons. The molecule has 3 N–H and O–H groups in total. The number of carboxylic acids is 1. The van der Waals surface area contributed by atoms with Crippen LogP contribution >= 0.6 is 15.9 Å². The van der Waals surface area contributed by atoms with E-state index in [9.17, 15) is 14.7 Å². The highest BCUT2D eigenvalue weighted by Gasteiger charge is 2.30. The fourth-order valence-corrected chi connectivity index (χ4v) is 2.36. The zero-order chi connectivity index (χ0) is 13.5. The number of aliphatic carboxylic acids is 1. The molecular formula is C12H19BrN2O3. The molecule has 1 aliphatic rings. The lowest BCUT2D eigenvalue weighted by atomic mass is 9.84. The van der Waals surface area contributed by atoms with E-state index in [2.05, 4.69) is 33.1 Å². The third-order valence-electron chi connectivity index (χ3n) is 3.11. The highest BCUT2D eigenvalue weighted by Crippen LogP contribution is 2.26. The first-order chi connectivity index (χ1) is 8.50. The fourth-order valence-electron chi connectivity index (χ4n) is 2.22. The molecule has 0 aromatic carbocycles. The number of hydrogen-bond donors (Lipinski definition) is 3. The summed E-state index contributed by atoms with van der Waals surface area (Å²) in [4.78, 5) is 22.8. The molecule has 0 bridgehead atoms. The maximum absolute atomic E-state index is 11.6. The van der Waals surface area contributed by atoms with Gasteiger partial charge in [-0.25, -0.2) is 9.59 Å². The van der Waals surface area contributed by atoms with Crippen LogP contribution in [0.4, 0.5) is 4.79 Å². The van der Waals surface area contributed by atoms with Crippen molar-refractivity contribution in [3.63, 3.8) is 0 Å². The van der Waals surface area contributed by atoms with Gasteiger partial charge in [0.25, 0.3) is 0 Å². The minimum atomic E-state index is -0.963. The quantitative estimate of drug-likeness (QED) is 0.727. The molecule has 0 saturated heterocycles. The largest absolute Gasteiger partial charge is 0.480 e. The second-order valence-corrected chi connectivity index (χ2v) is 5.68. The molecule has 18 heavy (non-hydrogen) atoms. The van der Waals surface area contributed by atoms with Crippen molar-refractivity contribution in [2.45, 2.75) is 38.1 Å². The van der Waals surface area contributed by atoms with Gasteiger partial charge in [0.05, 0.1) is 6.54 Å². The number of halogens is 1. The average Bonchev–Trinajstić information content (AvgIpc) is 2.34. The second-order valence-electron chi connectivity index (χ2n) is 4.56. The number of carboxylic acid groups (broad SMARTS) is 1. The van der Waals surface area contributed by atoms with Crippen molar-refractivity contribution in [2.24, 2.45) is 5.92 Å². The Kier molecular flexibility index (Phi) is 6.18. The molecule has 1 rings (SSSR count). The lowest BCUT2D eigenvalue weighted by molar-refractivity contribution is -0.141. The van der Waals surface area contributed by atoms with Crippen LogP contribution in [0.3, 0.4) is 0 Å². The molecule has 0 aliphatic heterocycles. The van der Waals surface area contributed by atoms with Crippen molar-refractivity contribution >= 4 is 27.9 Å². The first kappa shape index (κ1) is 15.0. The van der Waals surface area contributed by atoms with Gasteiger partial charge in [-0.15, -0.1) is 0 Å². The summed E-state index contributed by atoms with van der Waals surface area (Å²) in [5, 5.41) is 14.3.